The van der Waals surface area contributed by atoms with Crippen LogP contribution in [0.1, 0.15) is 24.5 Å². The fourth-order valence-corrected chi connectivity index (χ4v) is 2.04. The smallest absolute Gasteiger partial charge is 0.258 e. The van der Waals surface area contributed by atoms with Crippen molar-refractivity contribution in [3.63, 3.8) is 0 Å². The van der Waals surface area contributed by atoms with E-state index in [1.54, 1.807) is 30.3 Å². The van der Waals surface area contributed by atoms with E-state index >= 15 is 0 Å². The van der Waals surface area contributed by atoms with Gasteiger partial charge >= 0.3 is 0 Å². The van der Waals surface area contributed by atoms with Gasteiger partial charge in [-0.05, 0) is 23.6 Å². The highest BCUT2D eigenvalue weighted by Gasteiger charge is 2.17. The molecular weight excluding hydrogens is 245 g/mol. The Morgan fingerprint density at radius 1 is 1.16 bits per heavy atom. The second-order valence-electron chi connectivity index (χ2n) is 4.12. The van der Waals surface area contributed by atoms with E-state index in [1.807, 2.05) is 6.92 Å². The van der Waals surface area contributed by atoms with Crippen molar-refractivity contribution in [1.82, 2.24) is 0 Å². The molecule has 0 aliphatic carbocycles. The maximum atomic E-state index is 13.8. The largest absolute Gasteiger partial charge is 0.269 e. The Kier molecular flexibility index (Phi) is 3.90. The molecule has 0 aliphatic heterocycles. The number of halogens is 1. The van der Waals surface area contributed by atoms with Gasteiger partial charge in [-0.15, -0.1) is 0 Å². The predicted molar refractivity (Wildman–Crippen MR) is 71.2 cm³/mol. The summed E-state index contributed by atoms with van der Waals surface area (Å²) in [5.74, 6) is 0.561. The highest BCUT2D eigenvalue weighted by atomic mass is 19.1. The van der Waals surface area contributed by atoms with E-state index in [9.17, 15) is 14.5 Å². The van der Waals surface area contributed by atoms with E-state index in [0.29, 0.717) is 12.0 Å². The molecule has 0 amide bonds. The molecule has 0 spiro atoms. The van der Waals surface area contributed by atoms with Crippen LogP contribution in [0.15, 0.2) is 48.5 Å². The zero-order valence-electron chi connectivity index (χ0n) is 10.5. The van der Waals surface area contributed by atoms with Crippen molar-refractivity contribution in [1.29, 1.82) is 0 Å². The number of non-ortho nitro benzene ring substituents is 1. The molecule has 0 atom stereocenters. The number of nitro benzene ring substituents is 1. The summed E-state index contributed by atoms with van der Waals surface area (Å²) in [4.78, 5) is 10.2. The minimum atomic E-state index is -0.446. The molecular formula is C15H13FNO2. The molecule has 4 heteroatoms. The molecule has 2 aromatic rings. The van der Waals surface area contributed by atoms with Crippen molar-refractivity contribution in [3.8, 4) is 0 Å². The van der Waals surface area contributed by atoms with Gasteiger partial charge in [-0.2, -0.15) is 0 Å². The van der Waals surface area contributed by atoms with Gasteiger partial charge in [-0.1, -0.05) is 37.3 Å². The Bertz CT molecular complexity index is 581. The molecule has 0 unspecified atom stereocenters. The summed E-state index contributed by atoms with van der Waals surface area (Å²) >= 11 is 0. The van der Waals surface area contributed by atoms with Crippen LogP contribution in [0, 0.1) is 21.8 Å². The van der Waals surface area contributed by atoms with Crippen molar-refractivity contribution in [2.75, 3.05) is 0 Å². The topological polar surface area (TPSA) is 43.1 Å². The van der Waals surface area contributed by atoms with Crippen molar-refractivity contribution >= 4 is 5.69 Å². The minimum absolute atomic E-state index is 0.0349. The summed E-state index contributed by atoms with van der Waals surface area (Å²) in [6.45, 7) is 1.93. The van der Waals surface area contributed by atoms with Gasteiger partial charge in [0.1, 0.15) is 5.82 Å². The highest BCUT2D eigenvalue weighted by molar-refractivity contribution is 5.48. The van der Waals surface area contributed by atoms with Crippen LogP contribution in [-0.2, 0) is 0 Å². The summed E-state index contributed by atoms with van der Waals surface area (Å²) < 4.78 is 13.8. The zero-order valence-corrected chi connectivity index (χ0v) is 10.5. The van der Waals surface area contributed by atoms with Crippen LogP contribution in [0.4, 0.5) is 10.1 Å². The Hall–Kier alpha value is -2.23. The molecule has 0 bridgehead atoms. The van der Waals surface area contributed by atoms with Gasteiger partial charge in [-0.3, -0.25) is 10.1 Å². The van der Waals surface area contributed by atoms with Crippen LogP contribution < -0.4 is 0 Å². The van der Waals surface area contributed by atoms with Crippen LogP contribution >= 0.6 is 0 Å². The van der Waals surface area contributed by atoms with Crippen LogP contribution in [0.25, 0.3) is 0 Å². The molecule has 0 heterocycles. The predicted octanol–water partition coefficient (Wildman–Crippen LogP) is 4.11. The van der Waals surface area contributed by atoms with Gasteiger partial charge < -0.3 is 0 Å². The zero-order chi connectivity index (χ0) is 13.8. The number of nitrogens with zero attached hydrogens (tertiary/aromatic N) is 1. The monoisotopic (exact) mass is 258 g/mol. The third-order valence-corrected chi connectivity index (χ3v) is 2.98. The van der Waals surface area contributed by atoms with Crippen molar-refractivity contribution in [2.45, 2.75) is 13.3 Å². The average Bonchev–Trinajstić information content (AvgIpc) is 2.42. The lowest BCUT2D eigenvalue weighted by atomic mass is 9.89. The van der Waals surface area contributed by atoms with Crippen LogP contribution in [0.5, 0.6) is 0 Å². The summed E-state index contributed by atoms with van der Waals surface area (Å²) in [5, 5.41) is 10.6. The summed E-state index contributed by atoms with van der Waals surface area (Å²) in [6.07, 6.45) is 0.652. The van der Waals surface area contributed by atoms with E-state index < -0.39 is 4.92 Å². The molecule has 2 rings (SSSR count). The maximum absolute atomic E-state index is 13.8. The van der Waals surface area contributed by atoms with Gasteiger partial charge in [0.25, 0.3) is 5.69 Å². The van der Waals surface area contributed by atoms with Gasteiger partial charge in [0.2, 0.25) is 0 Å². The molecule has 1 radical (unpaired) electrons. The van der Waals surface area contributed by atoms with E-state index in [0.717, 1.165) is 11.5 Å². The fraction of sp³-hybridized carbons (Fsp3) is 0.133. The molecule has 0 saturated carbocycles. The second kappa shape index (κ2) is 5.61. The van der Waals surface area contributed by atoms with E-state index in [1.165, 1.54) is 18.2 Å². The molecule has 3 nitrogen and oxygen atoms in total. The first-order valence-electron chi connectivity index (χ1n) is 5.99. The lowest BCUT2D eigenvalue weighted by Crippen LogP contribution is -2.03. The Balaban J connectivity index is 2.37. The molecule has 0 aromatic heterocycles. The van der Waals surface area contributed by atoms with E-state index in [4.69, 9.17) is 0 Å². The van der Waals surface area contributed by atoms with Crippen molar-refractivity contribution in [2.24, 2.45) is 0 Å². The lowest BCUT2D eigenvalue weighted by molar-refractivity contribution is -0.384. The third-order valence-electron chi connectivity index (χ3n) is 2.98. The number of benzene rings is 2. The quantitative estimate of drug-likeness (QED) is 0.611. The van der Waals surface area contributed by atoms with Gasteiger partial charge in [0.15, 0.2) is 0 Å². The molecule has 2 aromatic carbocycles. The van der Waals surface area contributed by atoms with Gasteiger partial charge in [0, 0.05) is 18.1 Å². The van der Waals surface area contributed by atoms with Gasteiger partial charge in [0.05, 0.1) is 4.92 Å². The van der Waals surface area contributed by atoms with E-state index in [-0.39, 0.29) is 11.5 Å². The standard InChI is InChI=1S/C15H13FNO2/c1-2-13(14-5-3-4-6-15(14)16)11-7-9-12(10-8-11)17(18)19/h3-10H,2H2,1H3. The van der Waals surface area contributed by atoms with Gasteiger partial charge in [-0.25, -0.2) is 4.39 Å². The third kappa shape index (κ3) is 2.78. The molecule has 0 fully saturated rings. The average molecular weight is 258 g/mol. The van der Waals surface area contributed by atoms with Crippen LogP contribution in [0.2, 0.25) is 0 Å². The Morgan fingerprint density at radius 2 is 1.79 bits per heavy atom. The Labute approximate surface area is 110 Å². The summed E-state index contributed by atoms with van der Waals surface area (Å²) in [5.41, 5.74) is 1.38. The van der Waals surface area contributed by atoms with Crippen LogP contribution in [-0.4, -0.2) is 4.92 Å². The second-order valence-corrected chi connectivity index (χ2v) is 4.12. The molecule has 19 heavy (non-hydrogen) atoms. The summed E-state index contributed by atoms with van der Waals surface area (Å²) in [6, 6.07) is 12.7. The first-order valence-corrected chi connectivity index (χ1v) is 5.99. The highest BCUT2D eigenvalue weighted by Crippen LogP contribution is 2.29. The fourth-order valence-electron chi connectivity index (χ4n) is 2.04. The maximum Gasteiger partial charge on any atom is 0.269 e. The molecule has 0 N–H and O–H groups in total. The Morgan fingerprint density at radius 3 is 2.32 bits per heavy atom. The van der Waals surface area contributed by atoms with Crippen molar-refractivity contribution < 1.29 is 9.31 Å². The van der Waals surface area contributed by atoms with Crippen molar-refractivity contribution in [3.05, 3.63) is 81.5 Å². The normalized spacial score (nSPS) is 10.7. The summed E-state index contributed by atoms with van der Waals surface area (Å²) in [7, 11) is 0. The number of hydrogen-bond acceptors (Lipinski definition) is 2. The number of nitro groups is 1. The lowest BCUT2D eigenvalue weighted by Gasteiger charge is -2.15. The van der Waals surface area contributed by atoms with Crippen LogP contribution in [0.3, 0.4) is 0 Å². The molecule has 97 valence electrons. The first-order chi connectivity index (χ1) is 9.13. The molecule has 0 saturated heterocycles. The SMILES string of the molecule is CC[C](c1ccc([N+](=O)[O-])cc1)c1ccccc1F. The van der Waals surface area contributed by atoms with E-state index in [2.05, 4.69) is 0 Å². The first kappa shape index (κ1) is 13.2. The minimum Gasteiger partial charge on any atom is -0.258 e. The molecule has 0 aliphatic rings. The number of hydrogen-bond donors (Lipinski definition) is 0. The number of rotatable bonds is 4.